The van der Waals surface area contributed by atoms with Gasteiger partial charge >= 0.3 is 0 Å². The standard InChI is InChI=1S/C23H19F2N3O4/c1-2-13-3-5-14(6-4-13)22(31)27-28-23(32)19-8-7-18(12-20(19)29)26-21(30)15-9-16(24)11-17(25)10-15/h3-12,29H,2H2,1H3,(H,26,30)(H,27,31)(H,28,32). The first kappa shape index (κ1) is 22.4. The topological polar surface area (TPSA) is 108 Å². The number of benzene rings is 3. The third-order valence-electron chi connectivity index (χ3n) is 4.54. The van der Waals surface area contributed by atoms with Crippen LogP contribution in [0.15, 0.2) is 60.7 Å². The van der Waals surface area contributed by atoms with E-state index < -0.39 is 35.1 Å². The summed E-state index contributed by atoms with van der Waals surface area (Å²) in [6.45, 7) is 1.99. The first-order valence-corrected chi connectivity index (χ1v) is 9.57. The molecule has 0 aromatic heterocycles. The fraction of sp³-hybridized carbons (Fsp3) is 0.0870. The lowest BCUT2D eigenvalue weighted by atomic mass is 10.1. The van der Waals surface area contributed by atoms with E-state index in [1.807, 2.05) is 6.92 Å². The number of rotatable bonds is 5. The molecule has 0 unspecified atom stereocenters. The highest BCUT2D eigenvalue weighted by Gasteiger charge is 2.15. The Kier molecular flexibility index (Phi) is 6.79. The van der Waals surface area contributed by atoms with Crippen molar-refractivity contribution in [1.29, 1.82) is 0 Å². The third-order valence-corrected chi connectivity index (χ3v) is 4.54. The van der Waals surface area contributed by atoms with Crippen LogP contribution in [-0.2, 0) is 6.42 Å². The molecular weight excluding hydrogens is 420 g/mol. The molecule has 9 heteroatoms. The van der Waals surface area contributed by atoms with Crippen molar-refractivity contribution < 1.29 is 28.3 Å². The molecule has 0 atom stereocenters. The minimum absolute atomic E-state index is 0.0915. The number of carbonyl (C=O) groups is 3. The first-order chi connectivity index (χ1) is 15.3. The van der Waals surface area contributed by atoms with Gasteiger partial charge in [-0.1, -0.05) is 19.1 Å². The number of anilines is 1. The summed E-state index contributed by atoms with van der Waals surface area (Å²) >= 11 is 0. The molecule has 0 spiro atoms. The number of phenols is 1. The van der Waals surface area contributed by atoms with E-state index in [4.69, 9.17) is 0 Å². The second kappa shape index (κ2) is 9.69. The van der Waals surface area contributed by atoms with Gasteiger partial charge in [0.1, 0.15) is 17.4 Å². The zero-order valence-electron chi connectivity index (χ0n) is 16.9. The molecule has 0 radical (unpaired) electrons. The van der Waals surface area contributed by atoms with E-state index >= 15 is 0 Å². The lowest BCUT2D eigenvalue weighted by Crippen LogP contribution is -2.41. The summed E-state index contributed by atoms with van der Waals surface area (Å²) in [4.78, 5) is 36.6. The summed E-state index contributed by atoms with van der Waals surface area (Å²) in [7, 11) is 0. The number of carbonyl (C=O) groups excluding carboxylic acids is 3. The third kappa shape index (κ3) is 5.45. The maximum Gasteiger partial charge on any atom is 0.273 e. The summed E-state index contributed by atoms with van der Waals surface area (Å²) in [5.74, 6) is -4.42. The van der Waals surface area contributed by atoms with E-state index in [1.165, 1.54) is 12.1 Å². The normalized spacial score (nSPS) is 10.3. The highest BCUT2D eigenvalue weighted by molar-refractivity contribution is 6.05. The van der Waals surface area contributed by atoms with Crippen molar-refractivity contribution in [3.8, 4) is 5.75 Å². The summed E-state index contributed by atoms with van der Waals surface area (Å²) in [5.41, 5.74) is 5.53. The van der Waals surface area contributed by atoms with Gasteiger partial charge in [-0.25, -0.2) is 8.78 Å². The van der Waals surface area contributed by atoms with E-state index in [1.54, 1.807) is 24.3 Å². The van der Waals surface area contributed by atoms with E-state index in [9.17, 15) is 28.3 Å². The number of aromatic hydroxyl groups is 1. The largest absolute Gasteiger partial charge is 0.507 e. The second-order valence-electron chi connectivity index (χ2n) is 6.80. The van der Waals surface area contributed by atoms with Crippen molar-refractivity contribution in [2.24, 2.45) is 0 Å². The van der Waals surface area contributed by atoms with Gasteiger partial charge in [-0.15, -0.1) is 0 Å². The van der Waals surface area contributed by atoms with Crippen LogP contribution in [0.3, 0.4) is 0 Å². The highest BCUT2D eigenvalue weighted by Crippen LogP contribution is 2.22. The van der Waals surface area contributed by atoms with Crippen molar-refractivity contribution in [3.05, 3.63) is 94.6 Å². The molecule has 3 rings (SSSR count). The van der Waals surface area contributed by atoms with Gasteiger partial charge in [0, 0.05) is 28.9 Å². The van der Waals surface area contributed by atoms with Gasteiger partial charge in [0.2, 0.25) is 0 Å². The Balaban J connectivity index is 1.62. The average molecular weight is 439 g/mol. The van der Waals surface area contributed by atoms with Crippen molar-refractivity contribution >= 4 is 23.4 Å². The Bertz CT molecular complexity index is 1160. The lowest BCUT2D eigenvalue weighted by molar-refractivity contribution is 0.0845. The van der Waals surface area contributed by atoms with Crippen molar-refractivity contribution in [1.82, 2.24) is 10.9 Å². The second-order valence-corrected chi connectivity index (χ2v) is 6.80. The zero-order valence-corrected chi connectivity index (χ0v) is 16.9. The van der Waals surface area contributed by atoms with Crippen LogP contribution in [-0.4, -0.2) is 22.8 Å². The molecule has 3 aromatic rings. The van der Waals surface area contributed by atoms with Crippen LogP contribution in [0.5, 0.6) is 5.75 Å². The van der Waals surface area contributed by atoms with Crippen molar-refractivity contribution in [2.45, 2.75) is 13.3 Å². The first-order valence-electron chi connectivity index (χ1n) is 9.57. The number of halogens is 2. The van der Waals surface area contributed by atoms with Crippen LogP contribution >= 0.6 is 0 Å². The molecule has 7 nitrogen and oxygen atoms in total. The minimum atomic E-state index is -0.909. The van der Waals surface area contributed by atoms with Crippen LogP contribution < -0.4 is 16.2 Å². The lowest BCUT2D eigenvalue weighted by Gasteiger charge is -2.11. The van der Waals surface area contributed by atoms with Crippen molar-refractivity contribution in [3.63, 3.8) is 0 Å². The van der Waals surface area contributed by atoms with Crippen molar-refractivity contribution in [2.75, 3.05) is 5.32 Å². The average Bonchev–Trinajstić information content (AvgIpc) is 2.76. The monoisotopic (exact) mass is 439 g/mol. The van der Waals surface area contributed by atoms with Gasteiger partial charge in [0.05, 0.1) is 5.56 Å². The van der Waals surface area contributed by atoms with Gasteiger partial charge < -0.3 is 10.4 Å². The molecular formula is C23H19F2N3O4. The Morgan fingerprint density at radius 3 is 2.00 bits per heavy atom. The van der Waals surface area contributed by atoms with Crippen LogP contribution in [0.4, 0.5) is 14.5 Å². The number of nitrogens with one attached hydrogen (secondary N) is 3. The molecule has 0 aliphatic heterocycles. The molecule has 0 fully saturated rings. The maximum absolute atomic E-state index is 13.3. The SMILES string of the molecule is CCc1ccc(C(=O)NNC(=O)c2ccc(NC(=O)c3cc(F)cc(F)c3)cc2O)cc1. The highest BCUT2D eigenvalue weighted by atomic mass is 19.1. The van der Waals surface area contributed by atoms with E-state index in [0.717, 1.165) is 30.2 Å². The van der Waals surface area contributed by atoms with Gasteiger partial charge in [0.15, 0.2) is 0 Å². The number of hydrogen-bond acceptors (Lipinski definition) is 4. The molecule has 3 aromatic carbocycles. The van der Waals surface area contributed by atoms with Crippen LogP contribution in [0, 0.1) is 11.6 Å². The molecule has 0 heterocycles. The summed E-state index contributed by atoms with van der Waals surface area (Å²) in [5, 5.41) is 12.5. The van der Waals surface area contributed by atoms with Gasteiger partial charge in [-0.3, -0.25) is 25.2 Å². The van der Waals surface area contributed by atoms with E-state index in [-0.39, 0.29) is 16.8 Å². The molecule has 0 aliphatic carbocycles. The van der Waals surface area contributed by atoms with Gasteiger partial charge in [-0.05, 0) is 48.4 Å². The fourth-order valence-corrected chi connectivity index (χ4v) is 2.83. The predicted molar refractivity (Wildman–Crippen MR) is 113 cm³/mol. The van der Waals surface area contributed by atoms with Crippen LogP contribution in [0.2, 0.25) is 0 Å². The molecule has 4 N–H and O–H groups in total. The predicted octanol–water partition coefficient (Wildman–Crippen LogP) is 3.56. The summed E-state index contributed by atoms with van der Waals surface area (Å²) in [6.07, 6.45) is 0.827. The van der Waals surface area contributed by atoms with Gasteiger partial charge in [0.25, 0.3) is 17.7 Å². The Labute approximate surface area is 182 Å². The number of phenolic OH excluding ortho intramolecular Hbond substituents is 1. The molecule has 164 valence electrons. The summed E-state index contributed by atoms with van der Waals surface area (Å²) < 4.78 is 26.5. The molecule has 3 amide bonds. The van der Waals surface area contributed by atoms with Crippen LogP contribution in [0.25, 0.3) is 0 Å². The quantitative estimate of drug-likeness (QED) is 0.456. The molecule has 0 bridgehead atoms. The maximum atomic E-state index is 13.3. The molecule has 32 heavy (non-hydrogen) atoms. The van der Waals surface area contributed by atoms with Crippen LogP contribution in [0.1, 0.15) is 43.6 Å². The fourth-order valence-electron chi connectivity index (χ4n) is 2.83. The minimum Gasteiger partial charge on any atom is -0.507 e. The van der Waals surface area contributed by atoms with Gasteiger partial charge in [-0.2, -0.15) is 0 Å². The smallest absolute Gasteiger partial charge is 0.273 e. The number of hydrazine groups is 1. The Hall–Kier alpha value is -4.27. The molecule has 0 saturated heterocycles. The Morgan fingerprint density at radius 1 is 0.781 bits per heavy atom. The summed E-state index contributed by atoms with van der Waals surface area (Å²) in [6, 6.07) is 12.8. The Morgan fingerprint density at radius 2 is 1.41 bits per heavy atom. The molecule has 0 saturated carbocycles. The number of hydrogen-bond donors (Lipinski definition) is 4. The number of aryl methyl sites for hydroxylation is 1. The zero-order chi connectivity index (χ0) is 23.3. The number of amides is 3. The molecule has 0 aliphatic rings. The van der Waals surface area contributed by atoms with E-state index in [2.05, 4.69) is 16.2 Å². The van der Waals surface area contributed by atoms with E-state index in [0.29, 0.717) is 11.6 Å².